The molecule has 0 aliphatic heterocycles. The van der Waals surface area contributed by atoms with E-state index in [1.54, 1.807) is 0 Å². The topological polar surface area (TPSA) is 49.3 Å². The van der Waals surface area contributed by atoms with Gasteiger partial charge in [0, 0.05) is 32.4 Å². The Morgan fingerprint density at radius 3 is 2.47 bits per heavy atom. The van der Waals surface area contributed by atoms with Crippen LogP contribution in [0.2, 0.25) is 0 Å². The number of aliphatic hydroxyl groups excluding tert-OH is 1. The van der Waals surface area contributed by atoms with Crippen molar-refractivity contribution >= 4 is 5.91 Å². The largest absolute Gasteiger partial charge is 0.396 e. The van der Waals surface area contributed by atoms with Crippen molar-refractivity contribution in [1.82, 2.24) is 5.32 Å². The maximum Gasteiger partial charge on any atom is 0.220 e. The van der Waals surface area contributed by atoms with Crippen molar-refractivity contribution < 1.29 is 14.4 Å². The molecule has 0 aromatic heterocycles. The zero-order valence-corrected chi connectivity index (χ0v) is 24.5. The number of carbonyl (C=O) groups excluding carboxylic acids is 1. The van der Waals surface area contributed by atoms with E-state index in [1.165, 1.54) is 64.2 Å². The molecule has 2 N–H and O–H groups in total. The summed E-state index contributed by atoms with van der Waals surface area (Å²) in [5.41, 5.74) is 1.14. The Kier molecular flexibility index (Phi) is 9.18. The first-order chi connectivity index (χ1) is 17.1. The van der Waals surface area contributed by atoms with E-state index in [9.17, 15) is 4.79 Å². The molecule has 0 spiro atoms. The molecule has 8 atom stereocenters. The van der Waals surface area contributed by atoms with Crippen molar-refractivity contribution in [2.75, 3.05) is 40.3 Å². The number of hydrogen-bond acceptors (Lipinski definition) is 2. The summed E-state index contributed by atoms with van der Waals surface area (Å²) in [6.07, 6.45) is 18.3. The molecule has 0 radical (unpaired) electrons. The van der Waals surface area contributed by atoms with Crippen molar-refractivity contribution in [3.8, 4) is 0 Å². The van der Waals surface area contributed by atoms with Crippen LogP contribution in [-0.4, -0.2) is 55.8 Å². The molecule has 0 heterocycles. The summed E-state index contributed by atoms with van der Waals surface area (Å²) in [4.78, 5) is 12.6. The standard InChI is InChI=1S/C32H58N2O2/c1-24(11-16-30(36)33-20-8-21-34(4,5)22-9-23-35)27-14-15-28-26-13-12-25-10-6-7-18-31(25,2)29(26)17-19-32(27,28)3/h24-29,35H,6-23H2,1-5H3/p+1/t24-,25?,26?,27-,28?,29?,31+,32-/m1/s1. The molecule has 0 saturated heterocycles. The van der Waals surface area contributed by atoms with Gasteiger partial charge in [0.2, 0.25) is 5.91 Å². The fourth-order valence-corrected chi connectivity index (χ4v) is 10.3. The lowest BCUT2D eigenvalue weighted by molar-refractivity contribution is -0.890. The van der Waals surface area contributed by atoms with Gasteiger partial charge in [0.15, 0.2) is 0 Å². The smallest absolute Gasteiger partial charge is 0.220 e. The van der Waals surface area contributed by atoms with Gasteiger partial charge >= 0.3 is 0 Å². The molecule has 4 aliphatic carbocycles. The number of rotatable bonds is 11. The third-order valence-corrected chi connectivity index (χ3v) is 12.4. The minimum absolute atomic E-state index is 0.245. The average Bonchev–Trinajstić information content (AvgIpc) is 3.21. The first kappa shape index (κ1) is 28.4. The van der Waals surface area contributed by atoms with Gasteiger partial charge in [0.25, 0.3) is 0 Å². The van der Waals surface area contributed by atoms with E-state index < -0.39 is 0 Å². The zero-order valence-electron chi connectivity index (χ0n) is 24.5. The minimum atomic E-state index is 0.245. The first-order valence-corrected chi connectivity index (χ1v) is 15.8. The Morgan fingerprint density at radius 1 is 0.944 bits per heavy atom. The van der Waals surface area contributed by atoms with Crippen LogP contribution < -0.4 is 5.32 Å². The van der Waals surface area contributed by atoms with E-state index in [0.717, 1.165) is 73.0 Å². The molecule has 1 amide bonds. The predicted octanol–water partition coefficient (Wildman–Crippen LogP) is 6.42. The van der Waals surface area contributed by atoms with Crippen LogP contribution >= 0.6 is 0 Å². The summed E-state index contributed by atoms with van der Waals surface area (Å²) < 4.78 is 0.913. The first-order valence-electron chi connectivity index (χ1n) is 15.8. The maximum atomic E-state index is 12.6. The van der Waals surface area contributed by atoms with Crippen LogP contribution in [0, 0.1) is 46.3 Å². The molecule has 0 aromatic carbocycles. The molecule has 36 heavy (non-hydrogen) atoms. The lowest BCUT2D eigenvalue weighted by Gasteiger charge is -2.61. The van der Waals surface area contributed by atoms with Crippen LogP contribution in [0.25, 0.3) is 0 Å². The van der Waals surface area contributed by atoms with Crippen LogP contribution in [0.15, 0.2) is 0 Å². The molecule has 0 aromatic rings. The Morgan fingerprint density at radius 2 is 1.69 bits per heavy atom. The van der Waals surface area contributed by atoms with Gasteiger partial charge in [-0.1, -0.05) is 33.6 Å². The molecule has 208 valence electrons. The van der Waals surface area contributed by atoms with E-state index >= 15 is 0 Å². The van der Waals surface area contributed by atoms with Crippen LogP contribution in [-0.2, 0) is 4.79 Å². The molecule has 4 rings (SSSR count). The maximum absolute atomic E-state index is 12.6. The Hall–Kier alpha value is -0.610. The summed E-state index contributed by atoms with van der Waals surface area (Å²) in [5.74, 6) is 5.61. The highest BCUT2D eigenvalue weighted by atomic mass is 16.3. The molecule has 4 aliphatic rings. The van der Waals surface area contributed by atoms with Gasteiger partial charge in [-0.3, -0.25) is 4.79 Å². The lowest BCUT2D eigenvalue weighted by atomic mass is 9.44. The Balaban J connectivity index is 1.24. The summed E-state index contributed by atoms with van der Waals surface area (Å²) in [5, 5.41) is 12.3. The molecular weight excluding hydrogens is 444 g/mol. The summed E-state index contributed by atoms with van der Waals surface area (Å²) >= 11 is 0. The van der Waals surface area contributed by atoms with E-state index in [0.29, 0.717) is 23.2 Å². The lowest BCUT2D eigenvalue weighted by Crippen LogP contribution is -2.53. The quantitative estimate of drug-likeness (QED) is 0.253. The molecule has 4 unspecified atom stereocenters. The molecule has 4 saturated carbocycles. The number of fused-ring (bicyclic) bond motifs is 5. The molecule has 0 bridgehead atoms. The monoisotopic (exact) mass is 503 g/mol. The summed E-state index contributed by atoms with van der Waals surface area (Å²) in [6, 6.07) is 0. The van der Waals surface area contributed by atoms with Gasteiger partial charge in [0.05, 0.1) is 27.2 Å². The third-order valence-electron chi connectivity index (χ3n) is 12.4. The number of amides is 1. The van der Waals surface area contributed by atoms with Crippen LogP contribution in [0.3, 0.4) is 0 Å². The Labute approximate surface area is 223 Å². The number of carbonyl (C=O) groups is 1. The van der Waals surface area contributed by atoms with Crippen molar-refractivity contribution in [1.29, 1.82) is 0 Å². The van der Waals surface area contributed by atoms with Gasteiger partial charge in [-0.25, -0.2) is 0 Å². The number of nitrogens with zero attached hydrogens (tertiary/aromatic N) is 1. The van der Waals surface area contributed by atoms with Crippen molar-refractivity contribution in [3.05, 3.63) is 0 Å². The van der Waals surface area contributed by atoms with E-state index in [2.05, 4.69) is 40.2 Å². The van der Waals surface area contributed by atoms with Crippen LogP contribution in [0.4, 0.5) is 0 Å². The fraction of sp³-hybridized carbons (Fsp3) is 0.969. The summed E-state index contributed by atoms with van der Waals surface area (Å²) in [6.45, 7) is 10.9. The van der Waals surface area contributed by atoms with Gasteiger partial charge in [-0.15, -0.1) is 0 Å². The number of nitrogens with one attached hydrogen (secondary N) is 1. The highest BCUT2D eigenvalue weighted by molar-refractivity contribution is 5.75. The van der Waals surface area contributed by atoms with E-state index in [4.69, 9.17) is 5.11 Å². The average molecular weight is 504 g/mol. The summed E-state index contributed by atoms with van der Waals surface area (Å²) in [7, 11) is 4.42. The SMILES string of the molecule is C[C@H](CCC(=O)NCCC[N+](C)(C)CCCO)[C@H]1CCC2C3CCC4CCCC[C@]4(C)C3CC[C@@]21C. The Bertz CT molecular complexity index is 738. The highest BCUT2D eigenvalue weighted by Gasteiger charge is 2.60. The number of hydrogen-bond donors (Lipinski definition) is 2. The highest BCUT2D eigenvalue weighted by Crippen LogP contribution is 2.68. The predicted molar refractivity (Wildman–Crippen MR) is 149 cm³/mol. The van der Waals surface area contributed by atoms with Gasteiger partial charge < -0.3 is 14.9 Å². The van der Waals surface area contributed by atoms with E-state index in [1.807, 2.05) is 0 Å². The molecular formula is C32H59N2O2+. The molecule has 4 fully saturated rings. The second kappa shape index (κ2) is 11.6. The van der Waals surface area contributed by atoms with Gasteiger partial charge in [-0.2, -0.15) is 0 Å². The van der Waals surface area contributed by atoms with Crippen molar-refractivity contribution in [2.24, 2.45) is 46.3 Å². The van der Waals surface area contributed by atoms with Crippen LogP contribution in [0.1, 0.15) is 111 Å². The number of quaternary nitrogens is 1. The second-order valence-electron chi connectivity index (χ2n) is 14.8. The minimum Gasteiger partial charge on any atom is -0.396 e. The van der Waals surface area contributed by atoms with Crippen molar-refractivity contribution in [3.63, 3.8) is 0 Å². The van der Waals surface area contributed by atoms with Crippen LogP contribution in [0.5, 0.6) is 0 Å². The van der Waals surface area contributed by atoms with Gasteiger partial charge in [0.1, 0.15) is 0 Å². The zero-order chi connectivity index (χ0) is 26.0. The third kappa shape index (κ3) is 5.85. The molecule has 4 heteroatoms. The number of aliphatic hydroxyl groups is 1. The second-order valence-corrected chi connectivity index (χ2v) is 14.8. The fourth-order valence-electron chi connectivity index (χ4n) is 10.3. The van der Waals surface area contributed by atoms with E-state index in [-0.39, 0.29) is 12.5 Å². The van der Waals surface area contributed by atoms with Gasteiger partial charge in [-0.05, 0) is 104 Å². The van der Waals surface area contributed by atoms with Crippen molar-refractivity contribution in [2.45, 2.75) is 111 Å². The normalized spacial score (nSPS) is 39.1. The molecule has 4 nitrogen and oxygen atoms in total.